The fourth-order valence-electron chi connectivity index (χ4n) is 0.440. The normalized spacial score (nSPS) is 18.0. The van der Waals surface area contributed by atoms with Gasteiger partial charge in [-0.2, -0.15) is 0 Å². The van der Waals surface area contributed by atoms with Crippen LogP contribution in [0.5, 0.6) is 0 Å². The maximum atomic E-state index is 2.01. The molecule has 1 fully saturated rings. The fraction of sp³-hybridized carbons (Fsp3) is 1.00. The summed E-state index contributed by atoms with van der Waals surface area (Å²) in [7, 11) is 4.02. The van der Waals surface area contributed by atoms with Crippen molar-refractivity contribution in [3.05, 3.63) is 0 Å². The Balaban J connectivity index is 0. The standard InChI is InChI=1S/C4H8S2.2Na/c1-2-4-6-5-3-1;;/h1-4H2;;. The van der Waals surface area contributed by atoms with E-state index in [1.54, 1.807) is 0 Å². The average molecular weight is 166 g/mol. The molecule has 0 aromatic heterocycles. The molecule has 0 spiro atoms. The summed E-state index contributed by atoms with van der Waals surface area (Å²) in [5.74, 6) is 2.76. The zero-order valence-electron chi connectivity index (χ0n) is 5.64. The summed E-state index contributed by atoms with van der Waals surface area (Å²) in [6.07, 6.45) is 2.88. The Kier molecular flexibility index (Phi) is 16.1. The van der Waals surface area contributed by atoms with Gasteiger partial charge < -0.3 is 0 Å². The maximum absolute atomic E-state index is 2.01. The van der Waals surface area contributed by atoms with Crippen LogP contribution in [0.25, 0.3) is 0 Å². The molecule has 0 aromatic rings. The Morgan fingerprint density at radius 3 is 1.25 bits per heavy atom. The zero-order valence-corrected chi connectivity index (χ0v) is 11.3. The molecular formula is C4H8Na2S2. The van der Waals surface area contributed by atoms with E-state index in [4.69, 9.17) is 0 Å². The van der Waals surface area contributed by atoms with Crippen LogP contribution in [0.3, 0.4) is 0 Å². The molecule has 0 aliphatic carbocycles. The molecule has 1 rings (SSSR count). The second-order valence-corrected chi connectivity index (χ2v) is 4.05. The molecule has 0 atom stereocenters. The molecule has 1 aliphatic rings. The van der Waals surface area contributed by atoms with E-state index in [-0.39, 0.29) is 59.1 Å². The summed E-state index contributed by atoms with van der Waals surface area (Å²) in [5.41, 5.74) is 0. The van der Waals surface area contributed by atoms with Crippen molar-refractivity contribution in [2.75, 3.05) is 11.5 Å². The van der Waals surface area contributed by atoms with Gasteiger partial charge in [0.05, 0.1) is 0 Å². The Morgan fingerprint density at radius 1 is 0.750 bits per heavy atom. The Labute approximate surface area is 103 Å². The first-order valence-corrected chi connectivity index (χ1v) is 4.73. The van der Waals surface area contributed by atoms with Crippen molar-refractivity contribution >= 4 is 80.7 Å². The summed E-state index contributed by atoms with van der Waals surface area (Å²) in [4.78, 5) is 0. The van der Waals surface area contributed by atoms with Gasteiger partial charge in [-0.15, -0.1) is 0 Å². The molecule has 0 bridgehead atoms. The molecule has 38 valence electrons. The molecule has 0 unspecified atom stereocenters. The van der Waals surface area contributed by atoms with Gasteiger partial charge in [-0.3, -0.25) is 0 Å². The molecule has 0 aromatic carbocycles. The SMILES string of the molecule is C1CCSSC1.[Na].[Na]. The summed E-state index contributed by atoms with van der Waals surface area (Å²) >= 11 is 0. The van der Waals surface area contributed by atoms with Crippen molar-refractivity contribution < 1.29 is 0 Å². The summed E-state index contributed by atoms with van der Waals surface area (Å²) in [6.45, 7) is 0. The van der Waals surface area contributed by atoms with E-state index in [1.165, 1.54) is 24.3 Å². The predicted octanol–water partition coefficient (Wildman–Crippen LogP) is 1.40. The first kappa shape index (κ1) is 13.3. The number of hydrogen-bond donors (Lipinski definition) is 0. The smallest absolute Gasteiger partial charge is 0.00372 e. The summed E-state index contributed by atoms with van der Waals surface area (Å²) < 4.78 is 0. The molecule has 0 nitrogen and oxygen atoms in total. The van der Waals surface area contributed by atoms with Gasteiger partial charge in [-0.1, -0.05) is 21.6 Å². The van der Waals surface area contributed by atoms with Gasteiger partial charge in [-0.25, -0.2) is 0 Å². The van der Waals surface area contributed by atoms with Crippen LogP contribution in [0.2, 0.25) is 0 Å². The molecule has 0 N–H and O–H groups in total. The minimum atomic E-state index is 0. The van der Waals surface area contributed by atoms with E-state index in [9.17, 15) is 0 Å². The summed E-state index contributed by atoms with van der Waals surface area (Å²) in [5, 5.41) is 0. The van der Waals surface area contributed by atoms with Gasteiger partial charge >= 0.3 is 0 Å². The molecule has 0 saturated carbocycles. The van der Waals surface area contributed by atoms with E-state index in [2.05, 4.69) is 0 Å². The average Bonchev–Trinajstić information content (AvgIpc) is 1.72. The van der Waals surface area contributed by atoms with E-state index < -0.39 is 0 Å². The largest absolute Gasteiger partial charge is 0.0942 e. The first-order chi connectivity index (χ1) is 3.00. The van der Waals surface area contributed by atoms with Crippen LogP contribution in [0, 0.1) is 0 Å². The van der Waals surface area contributed by atoms with Gasteiger partial charge in [0.1, 0.15) is 0 Å². The number of rotatable bonds is 0. The van der Waals surface area contributed by atoms with Crippen molar-refractivity contribution in [1.29, 1.82) is 0 Å². The van der Waals surface area contributed by atoms with Gasteiger partial charge in [0.2, 0.25) is 0 Å². The van der Waals surface area contributed by atoms with Crippen LogP contribution in [-0.2, 0) is 0 Å². The minimum absolute atomic E-state index is 0. The van der Waals surface area contributed by atoms with Gasteiger partial charge in [0.15, 0.2) is 0 Å². The number of hydrogen-bond acceptors (Lipinski definition) is 2. The van der Waals surface area contributed by atoms with Crippen LogP contribution in [0.1, 0.15) is 12.8 Å². The quantitative estimate of drug-likeness (QED) is 0.394. The predicted molar refractivity (Wildman–Crippen MR) is 45.7 cm³/mol. The van der Waals surface area contributed by atoms with Crippen LogP contribution < -0.4 is 0 Å². The third kappa shape index (κ3) is 6.81. The molecular weight excluding hydrogens is 158 g/mol. The molecule has 0 amide bonds. The summed E-state index contributed by atoms with van der Waals surface area (Å²) in [6, 6.07) is 0. The van der Waals surface area contributed by atoms with Crippen molar-refractivity contribution in [3.8, 4) is 0 Å². The third-order valence-electron chi connectivity index (χ3n) is 0.789. The van der Waals surface area contributed by atoms with E-state index in [1.807, 2.05) is 21.6 Å². The topological polar surface area (TPSA) is 0 Å². The van der Waals surface area contributed by atoms with Gasteiger partial charge in [0.25, 0.3) is 0 Å². The molecule has 8 heavy (non-hydrogen) atoms. The van der Waals surface area contributed by atoms with Crippen molar-refractivity contribution in [3.63, 3.8) is 0 Å². The van der Waals surface area contributed by atoms with E-state index in [0.29, 0.717) is 0 Å². The van der Waals surface area contributed by atoms with Gasteiger partial charge in [-0.05, 0) is 12.8 Å². The minimum Gasteiger partial charge on any atom is -0.0942 e. The van der Waals surface area contributed by atoms with Crippen LogP contribution in [0.15, 0.2) is 0 Å². The second-order valence-electron chi connectivity index (χ2n) is 1.35. The van der Waals surface area contributed by atoms with Crippen LogP contribution >= 0.6 is 21.6 Å². The Hall–Kier alpha value is 2.70. The van der Waals surface area contributed by atoms with E-state index >= 15 is 0 Å². The first-order valence-electron chi connectivity index (χ1n) is 2.24. The zero-order chi connectivity index (χ0) is 4.24. The van der Waals surface area contributed by atoms with Crippen molar-refractivity contribution in [1.82, 2.24) is 0 Å². The molecule has 1 heterocycles. The van der Waals surface area contributed by atoms with Crippen molar-refractivity contribution in [2.24, 2.45) is 0 Å². The molecule has 1 aliphatic heterocycles. The molecule has 2 radical (unpaired) electrons. The Bertz CT molecular complexity index is 27.5. The van der Waals surface area contributed by atoms with Crippen molar-refractivity contribution in [2.45, 2.75) is 12.8 Å². The Morgan fingerprint density at radius 2 is 1.12 bits per heavy atom. The monoisotopic (exact) mass is 166 g/mol. The van der Waals surface area contributed by atoms with E-state index in [0.717, 1.165) is 0 Å². The van der Waals surface area contributed by atoms with Crippen LogP contribution in [-0.4, -0.2) is 70.6 Å². The molecule has 4 heteroatoms. The third-order valence-corrected chi connectivity index (χ3v) is 3.37. The van der Waals surface area contributed by atoms with Crippen LogP contribution in [0.4, 0.5) is 0 Å². The van der Waals surface area contributed by atoms with Gasteiger partial charge in [0, 0.05) is 70.6 Å². The fourth-order valence-corrected chi connectivity index (χ4v) is 2.73. The maximum Gasteiger partial charge on any atom is 0.00372 e. The second kappa shape index (κ2) is 9.70. The molecule has 1 saturated heterocycles.